The second-order valence-corrected chi connectivity index (χ2v) is 8.54. The lowest BCUT2D eigenvalue weighted by molar-refractivity contribution is -0.144. The fourth-order valence-electron chi connectivity index (χ4n) is 4.18. The second-order valence-electron chi connectivity index (χ2n) is 8.54. The molecule has 1 aliphatic rings. The van der Waals surface area contributed by atoms with E-state index in [1.165, 1.54) is 4.90 Å². The van der Waals surface area contributed by atoms with E-state index < -0.39 is 47.7 Å². The summed E-state index contributed by atoms with van der Waals surface area (Å²) < 4.78 is 0. The van der Waals surface area contributed by atoms with Crippen molar-refractivity contribution in [3.8, 4) is 0 Å². The molecule has 0 bridgehead atoms. The minimum absolute atomic E-state index is 0.151. The molecule has 1 aliphatic heterocycles. The molecular formula is C23H30N6O6. The van der Waals surface area contributed by atoms with Gasteiger partial charge in [0.05, 0.1) is 12.6 Å². The molecule has 0 spiro atoms. The largest absolute Gasteiger partial charge is 0.480 e. The van der Waals surface area contributed by atoms with E-state index in [0.29, 0.717) is 19.4 Å². The number of nitrogens with zero attached hydrogens (tertiary/aromatic N) is 1. The van der Waals surface area contributed by atoms with Crippen molar-refractivity contribution in [1.82, 2.24) is 20.5 Å². The summed E-state index contributed by atoms with van der Waals surface area (Å²) in [5, 5.41) is 15.2. The number of hydrogen-bond acceptors (Lipinski definition) is 6. The van der Waals surface area contributed by atoms with Gasteiger partial charge in [0.2, 0.25) is 23.6 Å². The summed E-state index contributed by atoms with van der Waals surface area (Å²) in [5.74, 6) is -3.58. The summed E-state index contributed by atoms with van der Waals surface area (Å²) in [5.41, 5.74) is 12.9. The van der Waals surface area contributed by atoms with E-state index in [0.717, 1.165) is 16.5 Å². The number of carboxylic acids is 1. The van der Waals surface area contributed by atoms with Crippen LogP contribution in [0.3, 0.4) is 0 Å². The first kappa shape index (κ1) is 25.7. The summed E-state index contributed by atoms with van der Waals surface area (Å²) in [6, 6.07) is 4.60. The monoisotopic (exact) mass is 486 g/mol. The third-order valence-electron chi connectivity index (χ3n) is 6.04. The van der Waals surface area contributed by atoms with Gasteiger partial charge >= 0.3 is 5.97 Å². The van der Waals surface area contributed by atoms with Crippen molar-refractivity contribution in [1.29, 1.82) is 0 Å². The summed E-state index contributed by atoms with van der Waals surface area (Å²) in [7, 11) is 0. The zero-order valence-corrected chi connectivity index (χ0v) is 19.2. The summed E-state index contributed by atoms with van der Waals surface area (Å²) in [4.78, 5) is 64.6. The van der Waals surface area contributed by atoms with Crippen molar-refractivity contribution in [2.45, 2.75) is 50.2 Å². The van der Waals surface area contributed by atoms with E-state index in [1.54, 1.807) is 6.20 Å². The van der Waals surface area contributed by atoms with Crippen LogP contribution >= 0.6 is 0 Å². The Bertz CT molecular complexity index is 1110. The molecule has 12 nitrogen and oxygen atoms in total. The average Bonchev–Trinajstić information content (AvgIpc) is 3.47. The fourth-order valence-corrected chi connectivity index (χ4v) is 4.18. The maximum Gasteiger partial charge on any atom is 0.326 e. The summed E-state index contributed by atoms with van der Waals surface area (Å²) >= 11 is 0. The van der Waals surface area contributed by atoms with Crippen molar-refractivity contribution in [2.24, 2.45) is 11.5 Å². The molecule has 2 aromatic rings. The maximum absolute atomic E-state index is 12.7. The molecule has 35 heavy (non-hydrogen) atoms. The van der Waals surface area contributed by atoms with Crippen LogP contribution in [0.2, 0.25) is 0 Å². The minimum atomic E-state index is -1.30. The number of H-pyrrole nitrogens is 1. The van der Waals surface area contributed by atoms with Crippen LogP contribution < -0.4 is 22.1 Å². The number of hydrogen-bond donors (Lipinski definition) is 6. The van der Waals surface area contributed by atoms with Crippen molar-refractivity contribution < 1.29 is 29.1 Å². The van der Waals surface area contributed by atoms with E-state index in [9.17, 15) is 29.1 Å². The molecular weight excluding hydrogens is 456 g/mol. The Morgan fingerprint density at radius 1 is 1.20 bits per heavy atom. The van der Waals surface area contributed by atoms with Gasteiger partial charge in [0, 0.05) is 30.1 Å². The Labute approximate surface area is 201 Å². The van der Waals surface area contributed by atoms with Crippen LogP contribution in [-0.2, 0) is 30.4 Å². The Balaban J connectivity index is 1.52. The van der Waals surface area contributed by atoms with E-state index in [4.69, 9.17) is 11.5 Å². The normalized spacial score (nSPS) is 17.1. The molecule has 12 heteroatoms. The summed E-state index contributed by atoms with van der Waals surface area (Å²) in [6.07, 6.45) is 2.63. The number of aromatic amines is 1. The van der Waals surface area contributed by atoms with E-state index in [-0.39, 0.29) is 25.8 Å². The van der Waals surface area contributed by atoms with Gasteiger partial charge in [0.1, 0.15) is 12.1 Å². The number of carboxylic acid groups (broad SMARTS) is 1. The van der Waals surface area contributed by atoms with Crippen molar-refractivity contribution >= 4 is 40.5 Å². The molecule has 1 aromatic carbocycles. The predicted octanol–water partition coefficient (Wildman–Crippen LogP) is -1.02. The van der Waals surface area contributed by atoms with Crippen LogP contribution in [0.25, 0.3) is 10.9 Å². The number of carbonyl (C=O) groups excluding carboxylic acids is 4. The van der Waals surface area contributed by atoms with E-state index in [2.05, 4.69) is 15.6 Å². The zero-order valence-electron chi connectivity index (χ0n) is 19.2. The number of aliphatic carboxylic acids is 1. The number of amides is 4. The smallest absolute Gasteiger partial charge is 0.326 e. The molecule has 3 atom stereocenters. The van der Waals surface area contributed by atoms with Crippen molar-refractivity contribution in [3.05, 3.63) is 36.0 Å². The molecule has 188 valence electrons. The molecule has 0 radical (unpaired) electrons. The number of primary amides is 1. The second kappa shape index (κ2) is 11.5. The first-order valence-electron chi connectivity index (χ1n) is 11.4. The lowest BCUT2D eigenvalue weighted by Crippen LogP contribution is -2.53. The van der Waals surface area contributed by atoms with Gasteiger partial charge in [0.15, 0.2) is 0 Å². The summed E-state index contributed by atoms with van der Waals surface area (Å²) in [6.45, 7) is -0.0402. The van der Waals surface area contributed by atoms with Gasteiger partial charge in [-0.15, -0.1) is 0 Å². The molecule has 2 heterocycles. The van der Waals surface area contributed by atoms with E-state index in [1.807, 2.05) is 24.3 Å². The predicted molar refractivity (Wildman–Crippen MR) is 126 cm³/mol. The van der Waals surface area contributed by atoms with Crippen LogP contribution in [0.15, 0.2) is 30.5 Å². The molecule has 0 saturated carbocycles. The molecule has 3 rings (SSSR count). The minimum Gasteiger partial charge on any atom is -0.480 e. The Hall–Kier alpha value is -3.93. The Morgan fingerprint density at radius 3 is 2.66 bits per heavy atom. The third-order valence-corrected chi connectivity index (χ3v) is 6.04. The number of aromatic nitrogens is 1. The number of nitrogens with one attached hydrogen (secondary N) is 3. The van der Waals surface area contributed by atoms with E-state index >= 15 is 0 Å². The van der Waals surface area contributed by atoms with Gasteiger partial charge in [-0.2, -0.15) is 0 Å². The molecule has 3 unspecified atom stereocenters. The fraction of sp³-hybridized carbons (Fsp3) is 0.435. The van der Waals surface area contributed by atoms with Gasteiger partial charge in [-0.05, 0) is 37.3 Å². The third kappa shape index (κ3) is 6.57. The van der Waals surface area contributed by atoms with Gasteiger partial charge < -0.3 is 37.1 Å². The molecule has 1 aromatic heterocycles. The standard InChI is InChI=1S/C23H30N6O6/c24-15(10-13-11-26-16-5-2-1-4-14(13)16)21(32)27-12-20(31)29-9-3-6-18(29)22(33)28-17(23(34)35)7-8-19(25)30/h1-2,4-5,11,15,17-18,26H,3,6-10,12,24H2,(H2,25,30)(H,27,32)(H,28,33)(H,34,35). The van der Waals surface area contributed by atoms with Gasteiger partial charge in [-0.25, -0.2) is 4.79 Å². The van der Waals surface area contributed by atoms with Crippen LogP contribution in [0, 0.1) is 0 Å². The SMILES string of the molecule is NC(=O)CCC(NC(=O)C1CCCN1C(=O)CNC(=O)C(N)Cc1c[nH]c2ccccc12)C(=O)O. The molecule has 1 fully saturated rings. The maximum atomic E-state index is 12.7. The number of para-hydroxylation sites is 1. The number of fused-ring (bicyclic) bond motifs is 1. The number of nitrogens with two attached hydrogens (primary N) is 2. The molecule has 0 aliphatic carbocycles. The Kier molecular flexibility index (Phi) is 8.42. The highest BCUT2D eigenvalue weighted by molar-refractivity contribution is 5.93. The van der Waals surface area contributed by atoms with Crippen LogP contribution in [0.1, 0.15) is 31.2 Å². The van der Waals surface area contributed by atoms with Gasteiger partial charge in [-0.1, -0.05) is 18.2 Å². The van der Waals surface area contributed by atoms with Gasteiger partial charge in [0.25, 0.3) is 0 Å². The lowest BCUT2D eigenvalue weighted by Gasteiger charge is -2.26. The van der Waals surface area contributed by atoms with Crippen LogP contribution in [0.5, 0.6) is 0 Å². The first-order valence-corrected chi connectivity index (χ1v) is 11.4. The zero-order chi connectivity index (χ0) is 25.5. The number of benzene rings is 1. The molecule has 8 N–H and O–H groups in total. The number of likely N-dealkylation sites (tertiary alicyclic amines) is 1. The quantitative estimate of drug-likeness (QED) is 0.233. The average molecular weight is 487 g/mol. The number of carbonyl (C=O) groups is 5. The lowest BCUT2D eigenvalue weighted by atomic mass is 10.1. The van der Waals surface area contributed by atoms with Gasteiger partial charge in [-0.3, -0.25) is 19.2 Å². The van der Waals surface area contributed by atoms with Crippen LogP contribution in [0.4, 0.5) is 0 Å². The highest BCUT2D eigenvalue weighted by Gasteiger charge is 2.36. The molecule has 4 amide bonds. The topological polar surface area (TPSA) is 201 Å². The Morgan fingerprint density at radius 2 is 1.94 bits per heavy atom. The van der Waals surface area contributed by atoms with Crippen molar-refractivity contribution in [3.63, 3.8) is 0 Å². The number of rotatable bonds is 11. The highest BCUT2D eigenvalue weighted by atomic mass is 16.4. The highest BCUT2D eigenvalue weighted by Crippen LogP contribution is 2.19. The van der Waals surface area contributed by atoms with Crippen molar-refractivity contribution in [2.75, 3.05) is 13.1 Å². The van der Waals surface area contributed by atoms with Crippen LogP contribution in [-0.4, -0.2) is 75.8 Å². The first-order chi connectivity index (χ1) is 16.7. The molecule has 1 saturated heterocycles.